The minimum absolute atomic E-state index is 0.985. The van der Waals surface area contributed by atoms with Crippen LogP contribution in [0.4, 0.5) is 0 Å². The van der Waals surface area contributed by atoms with Crippen molar-refractivity contribution in [3.8, 4) is 0 Å². The number of allylic oxidation sites excluding steroid dienone is 6. The molecule has 0 saturated carbocycles. The van der Waals surface area contributed by atoms with Gasteiger partial charge in [0.25, 0.3) is 0 Å². The summed E-state index contributed by atoms with van der Waals surface area (Å²) in [5.74, 6) is 0. The van der Waals surface area contributed by atoms with Crippen LogP contribution in [-0.4, -0.2) is 10.2 Å². The average molecular weight is 188 g/mol. The van der Waals surface area contributed by atoms with E-state index in [9.17, 15) is 0 Å². The molecule has 2 heteroatoms. The molecular weight excluding hydrogens is 172 g/mol. The molecule has 0 aliphatic rings. The Hall–Kier alpha value is -1.57. The Morgan fingerprint density at radius 2 is 2.14 bits per heavy atom. The second kappa shape index (κ2) is 5.22. The van der Waals surface area contributed by atoms with Crippen molar-refractivity contribution < 1.29 is 0 Å². The van der Waals surface area contributed by atoms with Gasteiger partial charge < -0.3 is 0 Å². The predicted molar refractivity (Wildman–Crippen MR) is 60.9 cm³/mol. The van der Waals surface area contributed by atoms with E-state index >= 15 is 0 Å². The molecule has 74 valence electrons. The van der Waals surface area contributed by atoms with Gasteiger partial charge in [0, 0.05) is 11.3 Å². The quantitative estimate of drug-likeness (QED) is 0.725. The van der Waals surface area contributed by atoms with Gasteiger partial charge in [-0.25, -0.2) is 0 Å². The Morgan fingerprint density at radius 3 is 2.64 bits per heavy atom. The zero-order valence-corrected chi connectivity index (χ0v) is 8.91. The molecular formula is C12H16N2. The van der Waals surface area contributed by atoms with Gasteiger partial charge in [-0.3, -0.25) is 5.10 Å². The second-order valence-corrected chi connectivity index (χ2v) is 3.08. The van der Waals surface area contributed by atoms with Crippen LogP contribution in [-0.2, 0) is 0 Å². The van der Waals surface area contributed by atoms with Crippen LogP contribution in [0.1, 0.15) is 25.2 Å². The number of aryl methyl sites for hydroxylation is 1. The molecule has 0 fully saturated rings. The van der Waals surface area contributed by atoms with Crippen LogP contribution in [0.15, 0.2) is 36.4 Å². The Morgan fingerprint density at radius 1 is 1.36 bits per heavy atom. The smallest absolute Gasteiger partial charge is 0.0923 e. The van der Waals surface area contributed by atoms with Crippen molar-refractivity contribution in [2.45, 2.75) is 20.8 Å². The van der Waals surface area contributed by atoms with Gasteiger partial charge >= 0.3 is 0 Å². The fourth-order valence-corrected chi connectivity index (χ4v) is 1.17. The third-order valence-corrected chi connectivity index (χ3v) is 1.82. The predicted octanol–water partition coefficient (Wildman–Crippen LogP) is 3.25. The molecule has 0 spiro atoms. The van der Waals surface area contributed by atoms with Crippen molar-refractivity contribution >= 4 is 5.57 Å². The number of rotatable bonds is 3. The van der Waals surface area contributed by atoms with Crippen LogP contribution in [0.25, 0.3) is 5.57 Å². The summed E-state index contributed by atoms with van der Waals surface area (Å²) in [6.45, 7) is 6.00. The number of H-pyrrole nitrogens is 1. The van der Waals surface area contributed by atoms with Gasteiger partial charge in [0.2, 0.25) is 0 Å². The highest BCUT2D eigenvalue weighted by Gasteiger charge is 2.00. The summed E-state index contributed by atoms with van der Waals surface area (Å²) in [5, 5.41) is 7.14. The standard InChI is InChI=1S/C12H16N2/c1-4-6-8-11(7-5-2)12-9-10(3)13-14-12/h4-9H,1-3H3,(H,13,14)/b6-4?,7-5-,11-8+. The van der Waals surface area contributed by atoms with Crippen LogP contribution in [0.3, 0.4) is 0 Å². The molecule has 0 aromatic carbocycles. The summed E-state index contributed by atoms with van der Waals surface area (Å²) in [6.07, 6.45) is 10.1. The topological polar surface area (TPSA) is 28.7 Å². The van der Waals surface area contributed by atoms with Crippen molar-refractivity contribution in [2.75, 3.05) is 0 Å². The molecule has 2 nitrogen and oxygen atoms in total. The highest BCUT2D eigenvalue weighted by molar-refractivity contribution is 5.72. The van der Waals surface area contributed by atoms with E-state index in [1.165, 1.54) is 0 Å². The molecule has 0 aliphatic carbocycles. The molecule has 1 heterocycles. The molecule has 14 heavy (non-hydrogen) atoms. The van der Waals surface area contributed by atoms with Crippen LogP contribution in [0.5, 0.6) is 0 Å². The number of aromatic amines is 1. The molecule has 1 aromatic heterocycles. The van der Waals surface area contributed by atoms with E-state index in [4.69, 9.17) is 0 Å². The van der Waals surface area contributed by atoms with Gasteiger partial charge in [-0.1, -0.05) is 30.4 Å². The van der Waals surface area contributed by atoms with Crippen LogP contribution >= 0.6 is 0 Å². The summed E-state index contributed by atoms with van der Waals surface area (Å²) in [5.41, 5.74) is 3.18. The van der Waals surface area contributed by atoms with Crippen molar-refractivity contribution in [3.63, 3.8) is 0 Å². The van der Waals surface area contributed by atoms with Crippen molar-refractivity contribution in [2.24, 2.45) is 0 Å². The summed E-state index contributed by atoms with van der Waals surface area (Å²) >= 11 is 0. The number of nitrogens with zero attached hydrogens (tertiary/aromatic N) is 1. The third-order valence-electron chi connectivity index (χ3n) is 1.82. The molecule has 1 rings (SSSR count). The number of nitrogens with one attached hydrogen (secondary N) is 1. The van der Waals surface area contributed by atoms with E-state index in [0.717, 1.165) is 17.0 Å². The fraction of sp³-hybridized carbons (Fsp3) is 0.250. The first-order chi connectivity index (χ1) is 6.77. The maximum absolute atomic E-state index is 4.21. The zero-order valence-electron chi connectivity index (χ0n) is 8.91. The third kappa shape index (κ3) is 2.73. The van der Waals surface area contributed by atoms with Crippen LogP contribution in [0.2, 0.25) is 0 Å². The molecule has 0 atom stereocenters. The van der Waals surface area contributed by atoms with Crippen LogP contribution in [0, 0.1) is 6.92 Å². The molecule has 0 aliphatic heterocycles. The van der Waals surface area contributed by atoms with E-state index in [-0.39, 0.29) is 0 Å². The number of hydrogen-bond acceptors (Lipinski definition) is 1. The second-order valence-electron chi connectivity index (χ2n) is 3.08. The Bertz CT molecular complexity index is 367. The highest BCUT2D eigenvalue weighted by Crippen LogP contribution is 2.14. The lowest BCUT2D eigenvalue weighted by Gasteiger charge is -1.93. The average Bonchev–Trinajstić information content (AvgIpc) is 2.59. The number of aromatic nitrogens is 2. The van der Waals surface area contributed by atoms with E-state index in [1.54, 1.807) is 0 Å². The lowest BCUT2D eigenvalue weighted by Crippen LogP contribution is -1.80. The first-order valence-electron chi connectivity index (χ1n) is 4.76. The summed E-state index contributed by atoms with van der Waals surface area (Å²) < 4.78 is 0. The van der Waals surface area contributed by atoms with Gasteiger partial charge in [0.1, 0.15) is 0 Å². The summed E-state index contributed by atoms with van der Waals surface area (Å²) in [7, 11) is 0. The molecule has 1 N–H and O–H groups in total. The van der Waals surface area contributed by atoms with E-state index in [2.05, 4.69) is 22.3 Å². The highest BCUT2D eigenvalue weighted by atomic mass is 15.1. The molecule has 0 radical (unpaired) electrons. The van der Waals surface area contributed by atoms with Crippen molar-refractivity contribution in [1.29, 1.82) is 0 Å². The first-order valence-corrected chi connectivity index (χ1v) is 4.76. The largest absolute Gasteiger partial charge is 0.282 e. The lowest BCUT2D eigenvalue weighted by atomic mass is 10.1. The Balaban J connectivity index is 2.99. The Labute approximate surface area is 85.0 Å². The van der Waals surface area contributed by atoms with E-state index in [0.29, 0.717) is 0 Å². The van der Waals surface area contributed by atoms with Gasteiger partial charge in [-0.15, -0.1) is 0 Å². The van der Waals surface area contributed by atoms with Gasteiger partial charge in [-0.2, -0.15) is 5.10 Å². The van der Waals surface area contributed by atoms with Gasteiger partial charge in [0.05, 0.1) is 5.69 Å². The van der Waals surface area contributed by atoms with Crippen LogP contribution < -0.4 is 0 Å². The minimum atomic E-state index is 0.985. The lowest BCUT2D eigenvalue weighted by molar-refractivity contribution is 1.04. The molecule has 1 aromatic rings. The van der Waals surface area contributed by atoms with Gasteiger partial charge in [0.15, 0.2) is 0 Å². The fourth-order valence-electron chi connectivity index (χ4n) is 1.17. The van der Waals surface area contributed by atoms with E-state index in [1.807, 2.05) is 45.1 Å². The molecule has 0 unspecified atom stereocenters. The summed E-state index contributed by atoms with van der Waals surface area (Å²) in [6, 6.07) is 2.04. The molecule has 0 saturated heterocycles. The Kier molecular flexibility index (Phi) is 3.92. The minimum Gasteiger partial charge on any atom is -0.282 e. The first kappa shape index (κ1) is 10.5. The van der Waals surface area contributed by atoms with Crippen molar-refractivity contribution in [3.05, 3.63) is 47.8 Å². The molecule has 0 amide bonds. The molecule has 0 bridgehead atoms. The van der Waals surface area contributed by atoms with Crippen molar-refractivity contribution in [1.82, 2.24) is 10.2 Å². The van der Waals surface area contributed by atoms with Gasteiger partial charge in [-0.05, 0) is 26.8 Å². The monoisotopic (exact) mass is 188 g/mol. The van der Waals surface area contributed by atoms with E-state index < -0.39 is 0 Å². The SMILES string of the molecule is CC=C/C=C(\C=C/C)c1cc(C)[nH]n1. The zero-order chi connectivity index (χ0) is 10.4. The maximum atomic E-state index is 4.21. The number of hydrogen-bond donors (Lipinski definition) is 1. The maximum Gasteiger partial charge on any atom is 0.0923 e. The summed E-state index contributed by atoms with van der Waals surface area (Å²) in [4.78, 5) is 0. The normalized spacial score (nSPS) is 13.2.